The van der Waals surface area contributed by atoms with E-state index in [1.807, 2.05) is 25.1 Å². The first-order chi connectivity index (χ1) is 10.4. The largest absolute Gasteiger partial charge is 0.481 e. The fraction of sp³-hybridized carbons (Fsp3) is 0.529. The second kappa shape index (κ2) is 4.24. The SMILES string of the molecule is C[C@@]12CC[C@@H](C[C@H]1C(=O)O)[C@@]1(C2)NC(=O)c2ccccc2O1. The number of para-hydroxylation sites is 1. The Morgan fingerprint density at radius 3 is 2.91 bits per heavy atom. The predicted octanol–water partition coefficient (Wildman–Crippen LogP) is 2.42. The first kappa shape index (κ1) is 13.6. The lowest BCUT2D eigenvalue weighted by Gasteiger charge is -2.59. The Morgan fingerprint density at radius 1 is 1.41 bits per heavy atom. The molecule has 1 heterocycles. The van der Waals surface area contributed by atoms with Gasteiger partial charge in [-0.2, -0.15) is 0 Å². The summed E-state index contributed by atoms with van der Waals surface area (Å²) >= 11 is 0. The third kappa shape index (κ3) is 1.71. The van der Waals surface area contributed by atoms with E-state index < -0.39 is 11.7 Å². The number of carbonyl (C=O) groups excluding carboxylic acids is 1. The highest BCUT2D eigenvalue weighted by Gasteiger charge is 2.62. The van der Waals surface area contributed by atoms with Crippen LogP contribution in [0.1, 0.15) is 43.0 Å². The van der Waals surface area contributed by atoms with Crippen molar-refractivity contribution in [2.75, 3.05) is 0 Å². The van der Waals surface area contributed by atoms with E-state index in [2.05, 4.69) is 5.32 Å². The average Bonchev–Trinajstić information content (AvgIpc) is 2.46. The molecule has 1 aromatic rings. The van der Waals surface area contributed by atoms with Gasteiger partial charge in [0.25, 0.3) is 5.91 Å². The van der Waals surface area contributed by atoms with Crippen molar-refractivity contribution in [2.24, 2.45) is 17.3 Å². The number of carboxylic acids is 1. The van der Waals surface area contributed by atoms with Crippen molar-refractivity contribution in [3.63, 3.8) is 0 Å². The Hall–Kier alpha value is -2.04. The summed E-state index contributed by atoms with van der Waals surface area (Å²) in [6.45, 7) is 2.01. The maximum atomic E-state index is 12.4. The fourth-order valence-corrected chi connectivity index (χ4v) is 4.63. The summed E-state index contributed by atoms with van der Waals surface area (Å²) in [6, 6.07) is 7.23. The van der Waals surface area contributed by atoms with Gasteiger partial charge in [-0.05, 0) is 36.8 Å². The number of fused-ring (bicyclic) bond motifs is 3. The lowest BCUT2D eigenvalue weighted by molar-refractivity contribution is -0.178. The van der Waals surface area contributed by atoms with E-state index in [9.17, 15) is 14.7 Å². The third-order valence-corrected chi connectivity index (χ3v) is 5.80. The van der Waals surface area contributed by atoms with E-state index in [-0.39, 0.29) is 23.2 Å². The van der Waals surface area contributed by atoms with Gasteiger partial charge < -0.3 is 15.2 Å². The zero-order chi connectivity index (χ0) is 15.5. The first-order valence-corrected chi connectivity index (χ1v) is 7.77. The summed E-state index contributed by atoms with van der Waals surface area (Å²) in [7, 11) is 0. The van der Waals surface area contributed by atoms with Crippen LogP contribution >= 0.6 is 0 Å². The van der Waals surface area contributed by atoms with Crippen LogP contribution in [0.5, 0.6) is 5.75 Å². The van der Waals surface area contributed by atoms with E-state index in [0.29, 0.717) is 24.2 Å². The van der Waals surface area contributed by atoms with Crippen LogP contribution < -0.4 is 10.1 Å². The molecule has 4 aliphatic rings. The van der Waals surface area contributed by atoms with Crippen molar-refractivity contribution in [1.29, 1.82) is 0 Å². The van der Waals surface area contributed by atoms with E-state index in [4.69, 9.17) is 4.74 Å². The number of hydrogen-bond acceptors (Lipinski definition) is 3. The number of ether oxygens (including phenoxy) is 1. The minimum Gasteiger partial charge on any atom is -0.481 e. The summed E-state index contributed by atoms with van der Waals surface area (Å²) in [6.07, 6.45) is 2.88. The predicted molar refractivity (Wildman–Crippen MR) is 78.5 cm³/mol. The molecule has 0 saturated heterocycles. The van der Waals surface area contributed by atoms with Gasteiger partial charge in [0.2, 0.25) is 0 Å². The zero-order valence-electron chi connectivity index (χ0n) is 12.5. The van der Waals surface area contributed by atoms with E-state index in [1.54, 1.807) is 6.07 Å². The zero-order valence-corrected chi connectivity index (χ0v) is 12.5. The van der Waals surface area contributed by atoms with Gasteiger partial charge in [0, 0.05) is 12.3 Å². The molecule has 3 aliphatic carbocycles. The van der Waals surface area contributed by atoms with Crippen molar-refractivity contribution in [1.82, 2.24) is 5.32 Å². The van der Waals surface area contributed by atoms with Crippen molar-refractivity contribution < 1.29 is 19.4 Å². The minimum atomic E-state index is -0.746. The molecule has 3 fully saturated rings. The molecule has 1 spiro atoms. The molecule has 5 rings (SSSR count). The number of carboxylic acid groups (broad SMARTS) is 1. The molecule has 2 N–H and O–H groups in total. The highest BCUT2D eigenvalue weighted by Crippen LogP contribution is 2.58. The Balaban J connectivity index is 1.73. The van der Waals surface area contributed by atoms with Crippen LogP contribution in [-0.2, 0) is 4.79 Å². The van der Waals surface area contributed by atoms with Crippen LogP contribution in [-0.4, -0.2) is 22.7 Å². The number of aliphatic carboxylic acids is 1. The molecule has 0 unspecified atom stereocenters. The van der Waals surface area contributed by atoms with Crippen molar-refractivity contribution in [3.8, 4) is 5.75 Å². The smallest absolute Gasteiger partial charge is 0.307 e. The van der Waals surface area contributed by atoms with Gasteiger partial charge in [0.15, 0.2) is 5.72 Å². The van der Waals surface area contributed by atoms with Crippen LogP contribution in [0, 0.1) is 17.3 Å². The summed E-state index contributed by atoms with van der Waals surface area (Å²) < 4.78 is 6.23. The van der Waals surface area contributed by atoms with Crippen molar-refractivity contribution in [2.45, 2.75) is 38.3 Å². The number of rotatable bonds is 1. The average molecular weight is 301 g/mol. The number of amides is 1. The Bertz CT molecular complexity index is 672. The Labute approximate surface area is 128 Å². The van der Waals surface area contributed by atoms with Gasteiger partial charge in [0.05, 0.1) is 11.5 Å². The second-order valence-electron chi connectivity index (χ2n) is 7.13. The lowest BCUT2D eigenvalue weighted by Crippen LogP contribution is -2.68. The summed E-state index contributed by atoms with van der Waals surface area (Å²) in [5.41, 5.74) is -0.528. The Kier molecular flexibility index (Phi) is 2.63. The number of carbonyl (C=O) groups is 2. The van der Waals surface area contributed by atoms with E-state index >= 15 is 0 Å². The third-order valence-electron chi connectivity index (χ3n) is 5.80. The molecular formula is C17H19NO4. The van der Waals surface area contributed by atoms with Crippen LogP contribution in [0.2, 0.25) is 0 Å². The molecule has 1 aliphatic heterocycles. The van der Waals surface area contributed by atoms with Gasteiger partial charge in [-0.3, -0.25) is 9.59 Å². The van der Waals surface area contributed by atoms with Crippen LogP contribution in [0.3, 0.4) is 0 Å². The molecular weight excluding hydrogens is 282 g/mol. The molecule has 5 heteroatoms. The monoisotopic (exact) mass is 301 g/mol. The summed E-state index contributed by atoms with van der Waals surface area (Å²) in [5.74, 6) is -0.550. The topological polar surface area (TPSA) is 75.6 Å². The molecule has 0 radical (unpaired) electrons. The molecule has 2 bridgehead atoms. The van der Waals surface area contributed by atoms with Crippen LogP contribution in [0.15, 0.2) is 24.3 Å². The molecule has 1 aromatic carbocycles. The summed E-state index contributed by atoms with van der Waals surface area (Å²) in [4.78, 5) is 24.0. The minimum absolute atomic E-state index is 0.0488. The number of hydrogen-bond donors (Lipinski definition) is 2. The second-order valence-corrected chi connectivity index (χ2v) is 7.13. The van der Waals surface area contributed by atoms with E-state index in [0.717, 1.165) is 12.8 Å². The quantitative estimate of drug-likeness (QED) is 0.835. The first-order valence-electron chi connectivity index (χ1n) is 7.77. The van der Waals surface area contributed by atoms with Crippen molar-refractivity contribution >= 4 is 11.9 Å². The molecule has 22 heavy (non-hydrogen) atoms. The number of benzene rings is 1. The fourth-order valence-electron chi connectivity index (χ4n) is 4.63. The molecule has 0 aromatic heterocycles. The standard InChI is InChI=1S/C17H19NO4/c1-16-7-6-10(8-12(16)15(20)21)17(9-16)18-14(19)11-4-2-3-5-13(11)22-17/h2-5,10,12H,6-9H2,1H3,(H,18,19)(H,20,21)/t10-,12-,16-,17-/m0/s1. The Morgan fingerprint density at radius 2 is 2.18 bits per heavy atom. The van der Waals surface area contributed by atoms with Crippen LogP contribution in [0.4, 0.5) is 0 Å². The van der Waals surface area contributed by atoms with Gasteiger partial charge in [0.1, 0.15) is 5.75 Å². The molecule has 4 atom stereocenters. The van der Waals surface area contributed by atoms with Gasteiger partial charge in [-0.1, -0.05) is 19.1 Å². The molecule has 3 saturated carbocycles. The highest BCUT2D eigenvalue weighted by atomic mass is 16.5. The molecule has 116 valence electrons. The normalized spacial score (nSPS) is 39.0. The van der Waals surface area contributed by atoms with Crippen molar-refractivity contribution in [3.05, 3.63) is 29.8 Å². The van der Waals surface area contributed by atoms with Gasteiger partial charge in [-0.25, -0.2) is 0 Å². The molecule has 1 amide bonds. The maximum absolute atomic E-state index is 12.4. The van der Waals surface area contributed by atoms with Gasteiger partial charge >= 0.3 is 5.97 Å². The lowest BCUT2D eigenvalue weighted by atomic mass is 9.52. The highest BCUT2D eigenvalue weighted by molar-refractivity contribution is 5.98. The van der Waals surface area contributed by atoms with Gasteiger partial charge in [-0.15, -0.1) is 0 Å². The van der Waals surface area contributed by atoms with E-state index in [1.165, 1.54) is 0 Å². The maximum Gasteiger partial charge on any atom is 0.307 e. The summed E-state index contributed by atoms with van der Waals surface area (Å²) in [5, 5.41) is 12.5. The van der Waals surface area contributed by atoms with Crippen LogP contribution in [0.25, 0.3) is 0 Å². The molecule has 5 nitrogen and oxygen atoms in total. The number of nitrogens with one attached hydrogen (secondary N) is 1.